The Hall–Kier alpha value is -1.84. The van der Waals surface area contributed by atoms with Crippen LogP contribution in [0, 0.1) is 5.92 Å². The van der Waals surface area contributed by atoms with E-state index in [9.17, 15) is 4.79 Å². The summed E-state index contributed by atoms with van der Waals surface area (Å²) in [5.41, 5.74) is 1.27. The number of pyridine rings is 1. The molecule has 2 unspecified atom stereocenters. The molecule has 1 aliphatic rings. The van der Waals surface area contributed by atoms with Crippen LogP contribution < -0.4 is 4.74 Å². The van der Waals surface area contributed by atoms with Gasteiger partial charge in [0.05, 0.1) is 0 Å². The summed E-state index contributed by atoms with van der Waals surface area (Å²) >= 11 is 0. The van der Waals surface area contributed by atoms with E-state index in [1.54, 1.807) is 4.40 Å². The van der Waals surface area contributed by atoms with E-state index in [1.165, 1.54) is 19.3 Å². The maximum atomic E-state index is 11.4. The van der Waals surface area contributed by atoms with Gasteiger partial charge >= 0.3 is 0 Å². The molecule has 2 aromatic heterocycles. The minimum atomic E-state index is 0.192. The van der Waals surface area contributed by atoms with E-state index < -0.39 is 0 Å². The van der Waals surface area contributed by atoms with Gasteiger partial charge in [-0.15, -0.1) is 0 Å². The second-order valence-electron chi connectivity index (χ2n) is 5.46. The van der Waals surface area contributed by atoms with Crippen molar-refractivity contribution >= 4 is 11.9 Å². The van der Waals surface area contributed by atoms with Crippen molar-refractivity contribution in [1.82, 2.24) is 9.38 Å². The number of imidazole rings is 1. The summed E-state index contributed by atoms with van der Waals surface area (Å²) in [6.45, 7) is 2.21. The highest BCUT2D eigenvalue weighted by Crippen LogP contribution is 2.31. The fourth-order valence-corrected chi connectivity index (χ4v) is 3.13. The number of hydrogen-bond donors (Lipinski definition) is 0. The molecule has 1 aliphatic carbocycles. The molecule has 0 saturated heterocycles. The van der Waals surface area contributed by atoms with Crippen LogP contribution in [-0.4, -0.2) is 21.8 Å². The number of nitrogens with zero attached hydrogens (tertiary/aromatic N) is 2. The molecule has 0 spiro atoms. The van der Waals surface area contributed by atoms with Gasteiger partial charge in [-0.2, -0.15) is 4.98 Å². The second-order valence-corrected chi connectivity index (χ2v) is 5.46. The highest BCUT2D eigenvalue weighted by atomic mass is 16.5. The van der Waals surface area contributed by atoms with E-state index in [2.05, 4.69) is 11.9 Å². The summed E-state index contributed by atoms with van der Waals surface area (Å²) < 4.78 is 7.89. The molecule has 0 aromatic carbocycles. The number of aldehydes is 1. The summed E-state index contributed by atoms with van der Waals surface area (Å²) in [4.78, 5) is 15.8. The summed E-state index contributed by atoms with van der Waals surface area (Å²) in [5, 5.41) is 0. The van der Waals surface area contributed by atoms with Crippen molar-refractivity contribution < 1.29 is 9.53 Å². The number of rotatable bonds is 4. The van der Waals surface area contributed by atoms with E-state index in [-0.39, 0.29) is 6.10 Å². The van der Waals surface area contributed by atoms with Gasteiger partial charge in [-0.25, -0.2) is 0 Å². The molecule has 2 heterocycles. The Kier molecular flexibility index (Phi) is 3.72. The molecule has 1 fully saturated rings. The van der Waals surface area contributed by atoms with Crippen molar-refractivity contribution in [3.05, 3.63) is 30.1 Å². The molecule has 20 heavy (non-hydrogen) atoms. The Morgan fingerprint density at radius 2 is 2.25 bits per heavy atom. The van der Waals surface area contributed by atoms with Crippen molar-refractivity contribution in [2.75, 3.05) is 0 Å². The molecule has 0 N–H and O–H groups in total. The summed E-state index contributed by atoms with van der Waals surface area (Å²) in [6, 6.07) is 5.69. The Morgan fingerprint density at radius 1 is 1.40 bits per heavy atom. The van der Waals surface area contributed by atoms with Crippen LogP contribution in [0.15, 0.2) is 24.4 Å². The average molecular weight is 272 g/mol. The van der Waals surface area contributed by atoms with Gasteiger partial charge in [0.15, 0.2) is 6.29 Å². The molecule has 106 valence electrons. The molecule has 1 saturated carbocycles. The van der Waals surface area contributed by atoms with Crippen LogP contribution in [-0.2, 0) is 0 Å². The lowest BCUT2D eigenvalue weighted by atomic mass is 9.85. The van der Waals surface area contributed by atoms with Crippen LogP contribution in [0.1, 0.15) is 49.5 Å². The fourth-order valence-electron chi connectivity index (χ4n) is 3.13. The Labute approximate surface area is 118 Å². The number of carbonyl (C=O) groups is 1. The standard InChI is InChI=1S/C16H20N2O2/c1-2-12-7-3-4-8-14(12)20-16-13(11-19)18-10-6-5-9-15(18)17-16/h5-6,9-12,14H,2-4,7-8H2,1H3. The first-order chi connectivity index (χ1) is 9.83. The van der Waals surface area contributed by atoms with Crippen LogP contribution in [0.4, 0.5) is 0 Å². The topological polar surface area (TPSA) is 43.6 Å². The summed E-state index contributed by atoms with van der Waals surface area (Å²) in [7, 11) is 0. The third-order valence-electron chi connectivity index (χ3n) is 4.27. The van der Waals surface area contributed by atoms with Gasteiger partial charge in [-0.3, -0.25) is 9.20 Å². The Balaban J connectivity index is 1.91. The van der Waals surface area contributed by atoms with Gasteiger partial charge in [0.25, 0.3) is 0 Å². The maximum Gasteiger partial charge on any atom is 0.244 e. The van der Waals surface area contributed by atoms with Gasteiger partial charge in [0, 0.05) is 6.20 Å². The number of carbonyl (C=O) groups excluding carboxylic acids is 1. The van der Waals surface area contributed by atoms with E-state index >= 15 is 0 Å². The zero-order valence-electron chi connectivity index (χ0n) is 11.8. The quantitative estimate of drug-likeness (QED) is 0.800. The van der Waals surface area contributed by atoms with Gasteiger partial charge in [-0.1, -0.05) is 19.4 Å². The van der Waals surface area contributed by atoms with Gasteiger partial charge in [-0.05, 0) is 43.7 Å². The van der Waals surface area contributed by atoms with Crippen molar-refractivity contribution in [3.63, 3.8) is 0 Å². The van der Waals surface area contributed by atoms with Crippen LogP contribution in [0.5, 0.6) is 5.88 Å². The first-order valence-electron chi connectivity index (χ1n) is 7.42. The van der Waals surface area contributed by atoms with Crippen LogP contribution in [0.2, 0.25) is 0 Å². The minimum Gasteiger partial charge on any atom is -0.472 e. The van der Waals surface area contributed by atoms with Gasteiger partial charge in [0.1, 0.15) is 17.4 Å². The van der Waals surface area contributed by atoms with Gasteiger partial charge in [0.2, 0.25) is 5.88 Å². The smallest absolute Gasteiger partial charge is 0.244 e. The number of ether oxygens (including phenoxy) is 1. The highest BCUT2D eigenvalue weighted by molar-refractivity contribution is 5.78. The molecule has 0 aliphatic heterocycles. The summed E-state index contributed by atoms with van der Waals surface area (Å²) in [6.07, 6.45) is 8.74. The predicted molar refractivity (Wildman–Crippen MR) is 77.2 cm³/mol. The number of aromatic nitrogens is 2. The molecule has 2 aromatic rings. The molecular weight excluding hydrogens is 252 g/mol. The largest absolute Gasteiger partial charge is 0.472 e. The van der Waals surface area contributed by atoms with E-state index in [4.69, 9.17) is 4.74 Å². The van der Waals surface area contributed by atoms with E-state index in [0.29, 0.717) is 17.5 Å². The van der Waals surface area contributed by atoms with Crippen molar-refractivity contribution in [1.29, 1.82) is 0 Å². The van der Waals surface area contributed by atoms with Gasteiger partial charge < -0.3 is 4.74 Å². The first-order valence-corrected chi connectivity index (χ1v) is 7.42. The Bertz CT molecular complexity index is 606. The molecule has 4 nitrogen and oxygen atoms in total. The van der Waals surface area contributed by atoms with E-state index in [1.807, 2.05) is 24.4 Å². The zero-order chi connectivity index (χ0) is 13.9. The lowest BCUT2D eigenvalue weighted by molar-refractivity contribution is 0.0844. The predicted octanol–water partition coefficient (Wildman–Crippen LogP) is 3.49. The van der Waals surface area contributed by atoms with Crippen molar-refractivity contribution in [2.45, 2.75) is 45.1 Å². The lowest BCUT2D eigenvalue weighted by Crippen LogP contribution is -2.30. The first kappa shape index (κ1) is 13.2. The molecule has 0 radical (unpaired) electrons. The highest BCUT2D eigenvalue weighted by Gasteiger charge is 2.27. The number of hydrogen-bond acceptors (Lipinski definition) is 3. The molecule has 2 atom stereocenters. The van der Waals surface area contributed by atoms with E-state index in [0.717, 1.165) is 24.8 Å². The minimum absolute atomic E-state index is 0.192. The third kappa shape index (κ3) is 2.30. The molecule has 0 bridgehead atoms. The lowest BCUT2D eigenvalue weighted by Gasteiger charge is -2.30. The van der Waals surface area contributed by atoms with Crippen LogP contribution in [0.3, 0.4) is 0 Å². The second kappa shape index (κ2) is 5.65. The molecular formula is C16H20N2O2. The Morgan fingerprint density at radius 3 is 3.05 bits per heavy atom. The summed E-state index contributed by atoms with van der Waals surface area (Å²) in [5.74, 6) is 1.06. The van der Waals surface area contributed by atoms with Crippen LogP contribution >= 0.6 is 0 Å². The van der Waals surface area contributed by atoms with Crippen molar-refractivity contribution in [2.24, 2.45) is 5.92 Å². The van der Waals surface area contributed by atoms with Crippen molar-refractivity contribution in [3.8, 4) is 5.88 Å². The number of fused-ring (bicyclic) bond motifs is 1. The maximum absolute atomic E-state index is 11.4. The SMILES string of the molecule is CCC1CCCCC1Oc1nc2ccccn2c1C=O. The molecule has 4 heteroatoms. The normalized spacial score (nSPS) is 22.9. The third-order valence-corrected chi connectivity index (χ3v) is 4.27. The average Bonchev–Trinajstić information content (AvgIpc) is 2.85. The monoisotopic (exact) mass is 272 g/mol. The fraction of sp³-hybridized carbons (Fsp3) is 0.500. The zero-order valence-corrected chi connectivity index (χ0v) is 11.8. The van der Waals surface area contributed by atoms with Crippen LogP contribution in [0.25, 0.3) is 5.65 Å². The molecule has 3 rings (SSSR count). The molecule has 0 amide bonds.